The van der Waals surface area contributed by atoms with Crippen molar-refractivity contribution >= 4 is 11.4 Å². The molecule has 0 spiro atoms. The number of hydrogen-bond acceptors (Lipinski definition) is 2. The number of nitriles is 1. The zero-order valence-corrected chi connectivity index (χ0v) is 10.0. The highest BCUT2D eigenvalue weighted by Gasteiger charge is 2.31. The molecule has 0 saturated carbocycles. The van der Waals surface area contributed by atoms with E-state index >= 15 is 0 Å². The first-order valence-corrected chi connectivity index (χ1v) is 5.54. The predicted octanol–water partition coefficient (Wildman–Crippen LogP) is 4.46. The Balaban J connectivity index is 2.30. The molecule has 0 aliphatic carbocycles. The van der Waals surface area contributed by atoms with Crippen molar-refractivity contribution in [3.63, 3.8) is 0 Å². The van der Waals surface area contributed by atoms with Crippen LogP contribution in [0.15, 0.2) is 42.5 Å². The Bertz CT molecular complexity index is 654. The summed E-state index contributed by atoms with van der Waals surface area (Å²) in [5.74, 6) is -0.789. The standard InChI is InChI=1S/C14H8F4N2/c15-12-6-3-10(14(16,17)18)7-13(12)20-11-4-1-9(8-19)2-5-11/h1-7,20H. The lowest BCUT2D eigenvalue weighted by Crippen LogP contribution is -2.06. The third kappa shape index (κ3) is 3.06. The molecule has 2 aromatic carbocycles. The highest BCUT2D eigenvalue weighted by molar-refractivity contribution is 5.62. The van der Waals surface area contributed by atoms with Crippen molar-refractivity contribution in [2.45, 2.75) is 6.18 Å². The van der Waals surface area contributed by atoms with Gasteiger partial charge in [-0.05, 0) is 42.5 Å². The van der Waals surface area contributed by atoms with Crippen molar-refractivity contribution in [1.29, 1.82) is 5.26 Å². The highest BCUT2D eigenvalue weighted by atomic mass is 19.4. The van der Waals surface area contributed by atoms with Crippen molar-refractivity contribution in [2.24, 2.45) is 0 Å². The normalized spacial score (nSPS) is 10.9. The maximum Gasteiger partial charge on any atom is 0.416 e. The van der Waals surface area contributed by atoms with Gasteiger partial charge >= 0.3 is 6.18 Å². The van der Waals surface area contributed by atoms with Gasteiger partial charge in [-0.25, -0.2) is 4.39 Å². The fourth-order valence-electron chi connectivity index (χ4n) is 1.58. The minimum absolute atomic E-state index is 0.274. The minimum Gasteiger partial charge on any atom is -0.353 e. The fraction of sp³-hybridized carbons (Fsp3) is 0.0714. The Hall–Kier alpha value is -2.55. The largest absolute Gasteiger partial charge is 0.416 e. The van der Waals surface area contributed by atoms with E-state index in [0.29, 0.717) is 23.4 Å². The molecule has 2 rings (SSSR count). The van der Waals surface area contributed by atoms with Crippen LogP contribution in [-0.2, 0) is 6.18 Å². The van der Waals surface area contributed by atoms with E-state index < -0.39 is 17.6 Å². The lowest BCUT2D eigenvalue weighted by Gasteiger charge is -2.11. The van der Waals surface area contributed by atoms with E-state index in [1.54, 1.807) is 0 Å². The van der Waals surface area contributed by atoms with Crippen LogP contribution in [0.4, 0.5) is 28.9 Å². The summed E-state index contributed by atoms with van der Waals surface area (Å²) in [6, 6.07) is 9.98. The second-order valence-corrected chi connectivity index (χ2v) is 4.01. The van der Waals surface area contributed by atoms with E-state index in [9.17, 15) is 17.6 Å². The van der Waals surface area contributed by atoms with Crippen LogP contribution in [-0.4, -0.2) is 0 Å². The van der Waals surface area contributed by atoms with Crippen LogP contribution in [0, 0.1) is 17.1 Å². The summed E-state index contributed by atoms with van der Waals surface area (Å²) in [4.78, 5) is 0. The van der Waals surface area contributed by atoms with Crippen LogP contribution < -0.4 is 5.32 Å². The summed E-state index contributed by atoms with van der Waals surface area (Å²) in [5, 5.41) is 11.2. The van der Waals surface area contributed by atoms with Crippen molar-refractivity contribution in [2.75, 3.05) is 5.32 Å². The number of alkyl halides is 3. The van der Waals surface area contributed by atoms with Gasteiger partial charge in [-0.2, -0.15) is 18.4 Å². The van der Waals surface area contributed by atoms with Crippen LogP contribution in [0.3, 0.4) is 0 Å². The molecule has 0 atom stereocenters. The smallest absolute Gasteiger partial charge is 0.353 e. The Morgan fingerprint density at radius 3 is 2.20 bits per heavy atom. The van der Waals surface area contributed by atoms with Crippen LogP contribution in [0.1, 0.15) is 11.1 Å². The molecule has 0 bridgehead atoms. The molecular formula is C14H8F4N2. The molecule has 2 aromatic rings. The van der Waals surface area contributed by atoms with Gasteiger partial charge in [0.15, 0.2) is 0 Å². The first kappa shape index (κ1) is 13.9. The SMILES string of the molecule is N#Cc1ccc(Nc2cc(C(F)(F)F)ccc2F)cc1. The summed E-state index contributed by atoms with van der Waals surface area (Å²) in [5.41, 5.74) is -0.415. The predicted molar refractivity (Wildman–Crippen MR) is 65.8 cm³/mol. The zero-order valence-electron chi connectivity index (χ0n) is 10.0. The Morgan fingerprint density at radius 2 is 1.65 bits per heavy atom. The Morgan fingerprint density at radius 1 is 1.00 bits per heavy atom. The minimum atomic E-state index is -4.53. The van der Waals surface area contributed by atoms with Gasteiger partial charge in [0.2, 0.25) is 0 Å². The Kier molecular flexibility index (Phi) is 3.61. The number of nitrogens with zero attached hydrogens (tertiary/aromatic N) is 1. The molecule has 6 heteroatoms. The van der Waals surface area contributed by atoms with E-state index in [1.165, 1.54) is 24.3 Å². The lowest BCUT2D eigenvalue weighted by atomic mass is 10.1. The molecular weight excluding hydrogens is 272 g/mol. The molecule has 0 fully saturated rings. The zero-order chi connectivity index (χ0) is 14.8. The maximum atomic E-state index is 13.5. The first-order chi connectivity index (χ1) is 9.40. The number of halogens is 4. The molecule has 20 heavy (non-hydrogen) atoms. The molecule has 0 heterocycles. The van der Waals surface area contributed by atoms with Crippen LogP contribution in [0.25, 0.3) is 0 Å². The molecule has 0 saturated heterocycles. The summed E-state index contributed by atoms with van der Waals surface area (Å²) in [7, 11) is 0. The second kappa shape index (κ2) is 5.21. The molecule has 0 radical (unpaired) electrons. The third-order valence-electron chi connectivity index (χ3n) is 2.59. The van der Waals surface area contributed by atoms with Gasteiger partial charge in [0.25, 0.3) is 0 Å². The first-order valence-electron chi connectivity index (χ1n) is 5.54. The van der Waals surface area contributed by atoms with Crippen LogP contribution >= 0.6 is 0 Å². The van der Waals surface area contributed by atoms with E-state index in [-0.39, 0.29) is 5.69 Å². The molecule has 0 amide bonds. The van der Waals surface area contributed by atoms with E-state index in [0.717, 1.165) is 6.07 Å². The average molecular weight is 280 g/mol. The van der Waals surface area contributed by atoms with Gasteiger partial charge in [0.05, 0.1) is 22.9 Å². The van der Waals surface area contributed by atoms with Crippen molar-refractivity contribution < 1.29 is 17.6 Å². The topological polar surface area (TPSA) is 35.8 Å². The van der Waals surface area contributed by atoms with E-state index in [4.69, 9.17) is 5.26 Å². The van der Waals surface area contributed by atoms with Crippen molar-refractivity contribution in [3.05, 3.63) is 59.4 Å². The Labute approximate surface area is 112 Å². The van der Waals surface area contributed by atoms with Gasteiger partial charge < -0.3 is 5.32 Å². The maximum absolute atomic E-state index is 13.5. The summed E-state index contributed by atoms with van der Waals surface area (Å²) in [6.45, 7) is 0. The summed E-state index contributed by atoms with van der Waals surface area (Å²) in [6.07, 6.45) is -4.53. The summed E-state index contributed by atoms with van der Waals surface area (Å²) >= 11 is 0. The van der Waals surface area contributed by atoms with Crippen molar-refractivity contribution in [3.8, 4) is 6.07 Å². The van der Waals surface area contributed by atoms with Gasteiger partial charge in [-0.15, -0.1) is 0 Å². The molecule has 0 aliphatic heterocycles. The van der Waals surface area contributed by atoms with E-state index in [2.05, 4.69) is 5.32 Å². The number of hydrogen-bond donors (Lipinski definition) is 1. The molecule has 1 N–H and O–H groups in total. The monoisotopic (exact) mass is 280 g/mol. The molecule has 0 aliphatic rings. The van der Waals surface area contributed by atoms with Crippen molar-refractivity contribution in [1.82, 2.24) is 0 Å². The number of benzene rings is 2. The molecule has 0 aromatic heterocycles. The third-order valence-corrected chi connectivity index (χ3v) is 2.59. The lowest BCUT2D eigenvalue weighted by molar-refractivity contribution is -0.137. The van der Waals surface area contributed by atoms with Gasteiger partial charge in [0.1, 0.15) is 5.82 Å². The molecule has 102 valence electrons. The molecule has 0 unspecified atom stereocenters. The van der Waals surface area contributed by atoms with Crippen LogP contribution in [0.2, 0.25) is 0 Å². The summed E-state index contributed by atoms with van der Waals surface area (Å²) < 4.78 is 51.2. The fourth-order valence-corrected chi connectivity index (χ4v) is 1.58. The van der Waals surface area contributed by atoms with Gasteiger partial charge in [0, 0.05) is 5.69 Å². The second-order valence-electron chi connectivity index (χ2n) is 4.01. The molecule has 2 nitrogen and oxygen atoms in total. The van der Waals surface area contributed by atoms with Crippen LogP contribution in [0.5, 0.6) is 0 Å². The van der Waals surface area contributed by atoms with Gasteiger partial charge in [-0.1, -0.05) is 0 Å². The number of anilines is 2. The average Bonchev–Trinajstić information content (AvgIpc) is 2.41. The quantitative estimate of drug-likeness (QED) is 0.824. The van der Waals surface area contributed by atoms with Gasteiger partial charge in [-0.3, -0.25) is 0 Å². The van der Waals surface area contributed by atoms with E-state index in [1.807, 2.05) is 6.07 Å². The highest BCUT2D eigenvalue weighted by Crippen LogP contribution is 2.32. The number of nitrogens with one attached hydrogen (secondary N) is 1. The number of rotatable bonds is 2.